The molecule has 0 bridgehead atoms. The van der Waals surface area contributed by atoms with E-state index in [0.29, 0.717) is 28.3 Å². The first-order chi connectivity index (χ1) is 7.51. The van der Waals surface area contributed by atoms with Crippen molar-refractivity contribution in [2.75, 3.05) is 18.2 Å². The van der Waals surface area contributed by atoms with E-state index in [0.717, 1.165) is 5.00 Å². The fourth-order valence-electron chi connectivity index (χ4n) is 1.18. The molecular formula is C11H17N3OS. The second kappa shape index (κ2) is 5.08. The number of nitrogens with zero attached hydrogens (tertiary/aromatic N) is 1. The molecule has 0 aliphatic carbocycles. The second-order valence-corrected chi connectivity index (χ2v) is 5.02. The summed E-state index contributed by atoms with van der Waals surface area (Å²) in [4.78, 5) is 0.496. The fraction of sp³-hybridized carbons (Fsp3) is 0.545. The molecule has 1 aromatic heterocycles. The SMILES string of the molecule is COc1c(NC(C)C(C)C)sc(C#N)c1N. The van der Waals surface area contributed by atoms with Crippen molar-refractivity contribution in [3.8, 4) is 11.8 Å². The number of methoxy groups -OCH3 is 1. The molecule has 3 N–H and O–H groups in total. The largest absolute Gasteiger partial charge is 0.492 e. The van der Waals surface area contributed by atoms with Crippen LogP contribution in [0.15, 0.2) is 0 Å². The Morgan fingerprint density at radius 3 is 2.50 bits per heavy atom. The van der Waals surface area contributed by atoms with E-state index in [9.17, 15) is 0 Å². The molecule has 1 heterocycles. The van der Waals surface area contributed by atoms with E-state index in [1.807, 2.05) is 0 Å². The van der Waals surface area contributed by atoms with Crippen molar-refractivity contribution in [2.45, 2.75) is 26.8 Å². The number of nitriles is 1. The van der Waals surface area contributed by atoms with Crippen LogP contribution in [0.2, 0.25) is 0 Å². The van der Waals surface area contributed by atoms with Crippen LogP contribution in [0.1, 0.15) is 25.6 Å². The van der Waals surface area contributed by atoms with Gasteiger partial charge in [-0.2, -0.15) is 5.26 Å². The Kier molecular flexibility index (Phi) is 4.02. The van der Waals surface area contributed by atoms with Crippen LogP contribution in [0.4, 0.5) is 10.7 Å². The number of nitrogen functional groups attached to an aromatic ring is 1. The minimum absolute atomic E-state index is 0.304. The molecule has 1 aromatic rings. The number of rotatable bonds is 4. The predicted molar refractivity (Wildman–Crippen MR) is 67.9 cm³/mol. The summed E-state index contributed by atoms with van der Waals surface area (Å²) in [7, 11) is 1.56. The highest BCUT2D eigenvalue weighted by Crippen LogP contribution is 2.42. The number of nitrogens with one attached hydrogen (secondary N) is 1. The lowest BCUT2D eigenvalue weighted by Gasteiger charge is -2.18. The summed E-state index contributed by atoms with van der Waals surface area (Å²) in [5.74, 6) is 1.08. The molecule has 0 aliphatic rings. The number of hydrogen-bond acceptors (Lipinski definition) is 5. The van der Waals surface area contributed by atoms with Crippen molar-refractivity contribution in [3.05, 3.63) is 4.88 Å². The Morgan fingerprint density at radius 1 is 1.44 bits per heavy atom. The van der Waals surface area contributed by atoms with Gasteiger partial charge in [0.2, 0.25) is 0 Å². The van der Waals surface area contributed by atoms with Gasteiger partial charge in [0.05, 0.1) is 7.11 Å². The third-order valence-corrected chi connectivity index (χ3v) is 3.59. The van der Waals surface area contributed by atoms with Crippen LogP contribution in [-0.2, 0) is 0 Å². The Labute approximate surface area is 100 Å². The quantitative estimate of drug-likeness (QED) is 0.847. The van der Waals surface area contributed by atoms with E-state index >= 15 is 0 Å². The van der Waals surface area contributed by atoms with E-state index in [2.05, 4.69) is 32.2 Å². The molecule has 0 radical (unpaired) electrons. The van der Waals surface area contributed by atoms with Gasteiger partial charge in [-0.1, -0.05) is 13.8 Å². The van der Waals surface area contributed by atoms with Gasteiger partial charge in [-0.05, 0) is 12.8 Å². The summed E-state index contributed by atoms with van der Waals surface area (Å²) in [5, 5.41) is 13.0. The van der Waals surface area contributed by atoms with Crippen LogP contribution < -0.4 is 15.8 Å². The van der Waals surface area contributed by atoms with Crippen LogP contribution in [0.3, 0.4) is 0 Å². The number of anilines is 2. The van der Waals surface area contributed by atoms with Crippen LogP contribution in [0.5, 0.6) is 5.75 Å². The molecule has 0 saturated carbocycles. The molecule has 4 nitrogen and oxygen atoms in total. The van der Waals surface area contributed by atoms with Crippen LogP contribution in [0.25, 0.3) is 0 Å². The fourth-order valence-corrected chi connectivity index (χ4v) is 2.17. The maximum atomic E-state index is 8.89. The molecule has 0 saturated heterocycles. The van der Waals surface area contributed by atoms with Crippen molar-refractivity contribution >= 4 is 22.0 Å². The first-order valence-electron chi connectivity index (χ1n) is 5.14. The van der Waals surface area contributed by atoms with Crippen LogP contribution >= 0.6 is 11.3 Å². The molecule has 88 valence electrons. The molecule has 1 atom stereocenters. The summed E-state index contributed by atoms with van der Waals surface area (Å²) >= 11 is 1.33. The van der Waals surface area contributed by atoms with Gasteiger partial charge in [-0.25, -0.2) is 0 Å². The monoisotopic (exact) mass is 239 g/mol. The summed E-state index contributed by atoms with van der Waals surface area (Å²) < 4.78 is 5.21. The average molecular weight is 239 g/mol. The van der Waals surface area contributed by atoms with Gasteiger partial charge in [-0.15, -0.1) is 11.3 Å². The standard InChI is InChI=1S/C11H17N3OS/c1-6(2)7(3)14-11-10(15-4)9(13)8(5-12)16-11/h6-7,14H,13H2,1-4H3. The molecule has 1 unspecified atom stereocenters. The summed E-state index contributed by atoms with van der Waals surface area (Å²) in [5.41, 5.74) is 6.22. The smallest absolute Gasteiger partial charge is 0.177 e. The van der Waals surface area contributed by atoms with Crippen molar-refractivity contribution in [3.63, 3.8) is 0 Å². The van der Waals surface area contributed by atoms with Gasteiger partial charge < -0.3 is 15.8 Å². The highest BCUT2D eigenvalue weighted by molar-refractivity contribution is 7.17. The second-order valence-electron chi connectivity index (χ2n) is 4.00. The van der Waals surface area contributed by atoms with E-state index < -0.39 is 0 Å². The maximum absolute atomic E-state index is 8.89. The van der Waals surface area contributed by atoms with Gasteiger partial charge >= 0.3 is 0 Å². The van der Waals surface area contributed by atoms with Crippen molar-refractivity contribution < 1.29 is 4.74 Å². The average Bonchev–Trinajstić information content (AvgIpc) is 2.54. The van der Waals surface area contributed by atoms with Crippen LogP contribution in [0, 0.1) is 17.2 Å². The third-order valence-electron chi connectivity index (χ3n) is 2.56. The van der Waals surface area contributed by atoms with E-state index in [1.54, 1.807) is 7.11 Å². The molecule has 0 fully saturated rings. The Morgan fingerprint density at radius 2 is 2.06 bits per heavy atom. The van der Waals surface area contributed by atoms with Crippen molar-refractivity contribution in [2.24, 2.45) is 5.92 Å². The number of thiophene rings is 1. The van der Waals surface area contributed by atoms with E-state index in [-0.39, 0.29) is 0 Å². The molecule has 0 amide bonds. The van der Waals surface area contributed by atoms with Gasteiger partial charge in [0, 0.05) is 6.04 Å². The lowest BCUT2D eigenvalue weighted by molar-refractivity contribution is 0.419. The molecule has 0 aliphatic heterocycles. The maximum Gasteiger partial charge on any atom is 0.177 e. The van der Waals surface area contributed by atoms with Gasteiger partial charge in [-0.3, -0.25) is 0 Å². The Balaban J connectivity index is 3.01. The molecule has 16 heavy (non-hydrogen) atoms. The lowest BCUT2D eigenvalue weighted by atomic mass is 10.1. The number of ether oxygens (including phenoxy) is 1. The molecule has 1 rings (SSSR count). The van der Waals surface area contributed by atoms with Gasteiger partial charge in [0.1, 0.15) is 21.6 Å². The van der Waals surface area contributed by atoms with Gasteiger partial charge in [0.25, 0.3) is 0 Å². The minimum Gasteiger partial charge on any atom is -0.492 e. The summed E-state index contributed by atoms with van der Waals surface area (Å²) in [6.45, 7) is 6.35. The zero-order valence-corrected chi connectivity index (χ0v) is 10.8. The van der Waals surface area contributed by atoms with Crippen LogP contribution in [-0.4, -0.2) is 13.2 Å². The summed E-state index contributed by atoms with van der Waals surface area (Å²) in [6, 6.07) is 2.37. The molecule has 0 aromatic carbocycles. The Hall–Kier alpha value is -1.41. The first-order valence-corrected chi connectivity index (χ1v) is 5.95. The molecule has 0 spiro atoms. The van der Waals surface area contributed by atoms with E-state index in [4.69, 9.17) is 15.7 Å². The number of nitrogens with two attached hydrogens (primary N) is 1. The van der Waals surface area contributed by atoms with Crippen molar-refractivity contribution in [1.29, 1.82) is 5.26 Å². The first kappa shape index (κ1) is 12.7. The summed E-state index contributed by atoms with van der Waals surface area (Å²) in [6.07, 6.45) is 0. The zero-order chi connectivity index (χ0) is 12.3. The zero-order valence-electron chi connectivity index (χ0n) is 10.00. The third kappa shape index (κ3) is 2.39. The minimum atomic E-state index is 0.304. The lowest BCUT2D eigenvalue weighted by Crippen LogP contribution is -2.21. The topological polar surface area (TPSA) is 71.1 Å². The highest BCUT2D eigenvalue weighted by Gasteiger charge is 2.18. The normalized spacial score (nSPS) is 12.2. The highest BCUT2D eigenvalue weighted by atomic mass is 32.1. The van der Waals surface area contributed by atoms with Gasteiger partial charge in [0.15, 0.2) is 5.75 Å². The molecule has 5 heteroatoms. The number of hydrogen-bond donors (Lipinski definition) is 2. The van der Waals surface area contributed by atoms with Crippen molar-refractivity contribution in [1.82, 2.24) is 0 Å². The molecular weight excluding hydrogens is 222 g/mol. The predicted octanol–water partition coefficient (Wildman–Crippen LogP) is 2.67. The van der Waals surface area contributed by atoms with E-state index in [1.165, 1.54) is 11.3 Å². The Bertz CT molecular complexity index is 406.